The quantitative estimate of drug-likeness (QED) is 0.261. The van der Waals surface area contributed by atoms with Crippen LogP contribution < -0.4 is 15.4 Å². The molecule has 3 aromatic rings. The van der Waals surface area contributed by atoms with E-state index in [9.17, 15) is 22.4 Å². The number of nitrogens with one attached hydrogen (secondary N) is 3. The number of rotatable bonds is 6. The summed E-state index contributed by atoms with van der Waals surface area (Å²) in [5, 5.41) is 12.8. The molecular weight excluding hydrogens is 454 g/mol. The van der Waals surface area contributed by atoms with E-state index >= 15 is 0 Å². The van der Waals surface area contributed by atoms with E-state index in [1.54, 1.807) is 12.1 Å². The maximum absolute atomic E-state index is 14.0. The Kier molecular flexibility index (Phi) is 7.54. The van der Waals surface area contributed by atoms with Crippen LogP contribution in [0.3, 0.4) is 0 Å². The summed E-state index contributed by atoms with van der Waals surface area (Å²) in [5.74, 6) is -0.513. The number of hydrogen-bond acceptors (Lipinski definition) is 3. The number of methoxy groups -OCH3 is 1. The molecule has 0 aliphatic heterocycles. The number of ether oxygens (including phenoxy) is 1. The van der Waals surface area contributed by atoms with Crippen LogP contribution >= 0.6 is 0 Å². The highest BCUT2D eigenvalue weighted by Gasteiger charge is 2.30. The normalized spacial score (nSPS) is 12.1. The molecule has 0 aliphatic rings. The highest BCUT2D eigenvalue weighted by atomic mass is 19.4. The van der Waals surface area contributed by atoms with Gasteiger partial charge in [-0.2, -0.15) is 23.3 Å². The van der Waals surface area contributed by atoms with Crippen molar-refractivity contribution in [1.82, 2.24) is 15.5 Å². The zero-order valence-corrected chi connectivity index (χ0v) is 18.6. The lowest BCUT2D eigenvalue weighted by molar-refractivity contribution is -0.137. The summed E-state index contributed by atoms with van der Waals surface area (Å²) < 4.78 is 57.2. The van der Waals surface area contributed by atoms with Crippen molar-refractivity contribution in [2.75, 3.05) is 19.0 Å². The maximum atomic E-state index is 14.0. The second-order valence-electron chi connectivity index (χ2n) is 7.76. The van der Waals surface area contributed by atoms with E-state index < -0.39 is 23.5 Å². The molecule has 34 heavy (non-hydrogen) atoms. The van der Waals surface area contributed by atoms with E-state index in [0.717, 1.165) is 24.3 Å². The Morgan fingerprint density at radius 1 is 1.15 bits per heavy atom. The zero-order chi connectivity index (χ0) is 24.9. The molecule has 1 amide bonds. The van der Waals surface area contributed by atoms with Gasteiger partial charge in [-0.25, -0.2) is 4.39 Å². The van der Waals surface area contributed by atoms with Crippen LogP contribution in [0.15, 0.2) is 53.5 Å². The molecule has 0 fully saturated rings. The van der Waals surface area contributed by atoms with Crippen LogP contribution in [0, 0.1) is 11.7 Å². The first-order valence-electron chi connectivity index (χ1n) is 10.3. The number of H-pyrrole nitrogens is 1. The first-order valence-corrected chi connectivity index (χ1v) is 10.3. The molecule has 0 atom stereocenters. The van der Waals surface area contributed by atoms with Gasteiger partial charge >= 0.3 is 6.18 Å². The Morgan fingerprint density at radius 3 is 2.44 bits per heavy atom. The fraction of sp³-hybridized carbons (Fsp3) is 0.261. The minimum atomic E-state index is -4.50. The van der Waals surface area contributed by atoms with Crippen LogP contribution in [0.1, 0.15) is 29.8 Å². The molecule has 1 heterocycles. The second-order valence-corrected chi connectivity index (χ2v) is 7.76. The van der Waals surface area contributed by atoms with Gasteiger partial charge in [-0.05, 0) is 48.4 Å². The van der Waals surface area contributed by atoms with E-state index in [2.05, 4.69) is 25.8 Å². The van der Waals surface area contributed by atoms with Gasteiger partial charge in [0.25, 0.3) is 5.91 Å². The molecule has 0 saturated heterocycles. The van der Waals surface area contributed by atoms with Crippen LogP contribution in [-0.4, -0.2) is 35.7 Å². The van der Waals surface area contributed by atoms with Gasteiger partial charge in [0.2, 0.25) is 5.96 Å². The summed E-state index contributed by atoms with van der Waals surface area (Å²) in [6.45, 7) is 4.38. The standard InChI is InChI=1S/C23H23F4N5O2/c1-13(2)12-28-22(30-21(33)14-4-7-16(8-5-14)23(25,26)27)29-20-11-18(31-32-20)15-6-9-19(34-3)17(24)10-15/h4-11,13H,12H2,1-3H3,(H3,28,29,30,31,32,33). The van der Waals surface area contributed by atoms with Gasteiger partial charge in [0.15, 0.2) is 11.6 Å². The van der Waals surface area contributed by atoms with Crippen molar-refractivity contribution >= 4 is 17.7 Å². The van der Waals surface area contributed by atoms with Crippen molar-refractivity contribution < 1.29 is 27.1 Å². The number of carbonyl (C=O) groups excluding carboxylic acids is 1. The number of halogens is 4. The number of aromatic amines is 1. The van der Waals surface area contributed by atoms with Gasteiger partial charge in [0.1, 0.15) is 5.82 Å². The van der Waals surface area contributed by atoms with Crippen molar-refractivity contribution in [3.05, 3.63) is 65.5 Å². The van der Waals surface area contributed by atoms with Crippen molar-refractivity contribution in [3.8, 4) is 17.0 Å². The minimum Gasteiger partial charge on any atom is -0.494 e. The maximum Gasteiger partial charge on any atom is 0.416 e. The predicted molar refractivity (Wildman–Crippen MR) is 120 cm³/mol. The Balaban J connectivity index is 1.80. The molecule has 7 nitrogen and oxygen atoms in total. The molecule has 3 N–H and O–H groups in total. The molecule has 0 aliphatic carbocycles. The molecule has 11 heteroatoms. The van der Waals surface area contributed by atoms with Crippen molar-refractivity contribution in [3.63, 3.8) is 0 Å². The lowest BCUT2D eigenvalue weighted by atomic mass is 10.1. The van der Waals surface area contributed by atoms with E-state index in [1.165, 1.54) is 19.2 Å². The highest BCUT2D eigenvalue weighted by Crippen LogP contribution is 2.29. The third-order valence-electron chi connectivity index (χ3n) is 4.63. The molecular formula is C23H23F4N5O2. The van der Waals surface area contributed by atoms with Crippen LogP contribution in [0.5, 0.6) is 5.75 Å². The fourth-order valence-electron chi connectivity index (χ4n) is 2.87. The summed E-state index contributed by atoms with van der Waals surface area (Å²) in [5.41, 5.74) is 0.0697. The first kappa shape index (κ1) is 24.7. The zero-order valence-electron chi connectivity index (χ0n) is 18.6. The number of aromatic nitrogens is 2. The number of amides is 1. The van der Waals surface area contributed by atoms with Crippen molar-refractivity contribution in [2.45, 2.75) is 20.0 Å². The average molecular weight is 477 g/mol. The smallest absolute Gasteiger partial charge is 0.416 e. The minimum absolute atomic E-state index is 0.00217. The SMILES string of the molecule is COc1ccc(-c2cc(N/C(=N\C(=O)c3ccc(C(F)(F)F)cc3)NCC(C)C)[nH]n2)cc1F. The van der Waals surface area contributed by atoms with Gasteiger partial charge in [-0.3, -0.25) is 9.89 Å². The molecule has 0 radical (unpaired) electrons. The monoisotopic (exact) mass is 477 g/mol. The number of benzene rings is 2. The second kappa shape index (κ2) is 10.4. The molecule has 1 aromatic heterocycles. The third kappa shape index (κ3) is 6.33. The Morgan fingerprint density at radius 2 is 1.85 bits per heavy atom. The number of anilines is 1. The lowest BCUT2D eigenvalue weighted by Crippen LogP contribution is -2.34. The van der Waals surface area contributed by atoms with E-state index in [1.807, 2.05) is 13.8 Å². The van der Waals surface area contributed by atoms with Gasteiger partial charge < -0.3 is 15.4 Å². The van der Waals surface area contributed by atoms with Gasteiger partial charge in [-0.15, -0.1) is 0 Å². The topological polar surface area (TPSA) is 91.4 Å². The highest BCUT2D eigenvalue weighted by molar-refractivity contribution is 6.06. The summed E-state index contributed by atoms with van der Waals surface area (Å²) in [6.07, 6.45) is -4.50. The Hall–Kier alpha value is -3.89. The molecule has 2 aromatic carbocycles. The van der Waals surface area contributed by atoms with E-state index in [4.69, 9.17) is 4.74 Å². The molecule has 3 rings (SSSR count). The number of guanidine groups is 1. The molecule has 0 saturated carbocycles. The summed E-state index contributed by atoms with van der Waals surface area (Å²) in [4.78, 5) is 16.5. The van der Waals surface area contributed by atoms with Gasteiger partial charge in [-0.1, -0.05) is 13.8 Å². The Labute approximate surface area is 193 Å². The summed E-state index contributed by atoms with van der Waals surface area (Å²) >= 11 is 0. The fourth-order valence-corrected chi connectivity index (χ4v) is 2.87. The van der Waals surface area contributed by atoms with E-state index in [-0.39, 0.29) is 23.2 Å². The van der Waals surface area contributed by atoms with Crippen molar-refractivity contribution in [2.24, 2.45) is 10.9 Å². The largest absolute Gasteiger partial charge is 0.494 e. The Bertz CT molecular complexity index is 1170. The molecule has 180 valence electrons. The number of alkyl halides is 3. The third-order valence-corrected chi connectivity index (χ3v) is 4.63. The molecule has 0 spiro atoms. The van der Waals surface area contributed by atoms with Crippen LogP contribution in [0.4, 0.5) is 23.4 Å². The summed E-state index contributed by atoms with van der Waals surface area (Å²) in [6, 6.07) is 9.78. The average Bonchev–Trinajstić information content (AvgIpc) is 3.25. The van der Waals surface area contributed by atoms with Crippen LogP contribution in [0.25, 0.3) is 11.3 Å². The van der Waals surface area contributed by atoms with E-state index in [0.29, 0.717) is 23.6 Å². The first-order chi connectivity index (χ1) is 16.1. The number of nitrogens with zero attached hydrogens (tertiary/aromatic N) is 2. The van der Waals surface area contributed by atoms with Crippen LogP contribution in [0.2, 0.25) is 0 Å². The van der Waals surface area contributed by atoms with Crippen molar-refractivity contribution in [1.29, 1.82) is 0 Å². The van der Waals surface area contributed by atoms with Gasteiger partial charge in [0.05, 0.1) is 18.4 Å². The van der Waals surface area contributed by atoms with Gasteiger partial charge in [0, 0.05) is 23.7 Å². The number of carbonyl (C=O) groups is 1. The molecule has 0 bridgehead atoms. The number of hydrogen-bond donors (Lipinski definition) is 3. The summed E-state index contributed by atoms with van der Waals surface area (Å²) in [7, 11) is 1.37. The lowest BCUT2D eigenvalue weighted by Gasteiger charge is -2.12. The molecule has 0 unspecified atom stereocenters. The van der Waals surface area contributed by atoms with Crippen LogP contribution in [-0.2, 0) is 6.18 Å². The number of aliphatic imine (C=N–C) groups is 1. The predicted octanol–water partition coefficient (Wildman–Crippen LogP) is 5.10.